The molecule has 4 nitrogen and oxygen atoms in total. The average Bonchev–Trinajstić information content (AvgIpc) is 1.84. The molecule has 0 spiro atoms. The summed E-state index contributed by atoms with van der Waals surface area (Å²) in [4.78, 5) is 20.8. The van der Waals surface area contributed by atoms with Gasteiger partial charge in [0.25, 0.3) is 0 Å². The number of aliphatic hydroxyl groups is 2. The van der Waals surface area contributed by atoms with Crippen LogP contribution in [0.2, 0.25) is 0 Å². The molecule has 0 aliphatic heterocycles. The lowest BCUT2D eigenvalue weighted by Gasteiger charge is -2.08. The zero-order valence-electron chi connectivity index (χ0n) is 5.87. The first-order valence-electron chi connectivity index (χ1n) is 2.87. The van der Waals surface area contributed by atoms with E-state index in [0.717, 1.165) is 6.92 Å². The van der Waals surface area contributed by atoms with Crippen LogP contribution in [-0.4, -0.2) is 34.0 Å². The topological polar surface area (TPSA) is 74.6 Å². The number of carbonyl (C=O) groups excluding carboxylic acids is 2. The second kappa shape index (κ2) is 3.43. The van der Waals surface area contributed by atoms with E-state index in [1.165, 1.54) is 6.92 Å². The lowest BCUT2D eigenvalue weighted by molar-refractivity contribution is -0.143. The molecule has 58 valence electrons. The standard InChI is InChI=1S/C6H10O4/c1-3(7)5(9)6(10)4(2)8/h3,5,7,9H,1-2H3/t3-,5+/m0/s1. The van der Waals surface area contributed by atoms with E-state index in [1.807, 2.05) is 0 Å². The highest BCUT2D eigenvalue weighted by molar-refractivity contribution is 6.38. The minimum absolute atomic E-state index is 0.742. The molecule has 0 aromatic rings. The molecule has 0 amide bonds. The van der Waals surface area contributed by atoms with Gasteiger partial charge in [-0.3, -0.25) is 9.59 Å². The van der Waals surface area contributed by atoms with Crippen LogP contribution in [0.25, 0.3) is 0 Å². The van der Waals surface area contributed by atoms with Gasteiger partial charge in [0.15, 0.2) is 5.78 Å². The summed E-state index contributed by atoms with van der Waals surface area (Å²) in [6.45, 7) is 2.29. The van der Waals surface area contributed by atoms with E-state index in [4.69, 9.17) is 10.2 Å². The summed E-state index contributed by atoms with van der Waals surface area (Å²) >= 11 is 0. The monoisotopic (exact) mass is 146 g/mol. The number of carbonyl (C=O) groups is 2. The number of rotatable bonds is 3. The molecule has 0 rings (SSSR count). The van der Waals surface area contributed by atoms with Crippen molar-refractivity contribution in [2.24, 2.45) is 0 Å². The highest BCUT2D eigenvalue weighted by atomic mass is 16.3. The first kappa shape index (κ1) is 9.26. The molecule has 2 N–H and O–H groups in total. The Balaban J connectivity index is 4.08. The summed E-state index contributed by atoms with van der Waals surface area (Å²) < 4.78 is 0. The lowest BCUT2D eigenvalue weighted by Crippen LogP contribution is -2.35. The predicted octanol–water partition coefficient (Wildman–Crippen LogP) is -1.11. The van der Waals surface area contributed by atoms with Gasteiger partial charge in [0.1, 0.15) is 6.10 Å². The van der Waals surface area contributed by atoms with Crippen LogP contribution in [0.15, 0.2) is 0 Å². The molecular formula is C6H10O4. The fourth-order valence-electron chi connectivity index (χ4n) is 0.427. The maximum absolute atomic E-state index is 10.5. The van der Waals surface area contributed by atoms with Crippen LogP contribution in [0.5, 0.6) is 0 Å². The minimum Gasteiger partial charge on any atom is -0.390 e. The Morgan fingerprint density at radius 3 is 1.80 bits per heavy atom. The molecule has 0 aromatic carbocycles. The molecule has 2 atom stereocenters. The maximum Gasteiger partial charge on any atom is 0.229 e. The van der Waals surface area contributed by atoms with Gasteiger partial charge in [-0.15, -0.1) is 0 Å². The largest absolute Gasteiger partial charge is 0.390 e. The van der Waals surface area contributed by atoms with Gasteiger partial charge in [0.2, 0.25) is 5.78 Å². The van der Waals surface area contributed by atoms with Crippen LogP contribution >= 0.6 is 0 Å². The van der Waals surface area contributed by atoms with Crippen molar-refractivity contribution in [3.63, 3.8) is 0 Å². The molecule has 0 fully saturated rings. The predicted molar refractivity (Wildman–Crippen MR) is 33.4 cm³/mol. The maximum atomic E-state index is 10.5. The van der Waals surface area contributed by atoms with Crippen molar-refractivity contribution in [3.05, 3.63) is 0 Å². The summed E-state index contributed by atoms with van der Waals surface area (Å²) in [5.74, 6) is -1.69. The minimum atomic E-state index is -1.57. The zero-order valence-corrected chi connectivity index (χ0v) is 5.87. The summed E-state index contributed by atoms with van der Waals surface area (Å²) in [5.41, 5.74) is 0. The van der Waals surface area contributed by atoms with E-state index in [9.17, 15) is 9.59 Å². The Morgan fingerprint density at radius 1 is 1.30 bits per heavy atom. The Labute approximate surface area is 58.5 Å². The van der Waals surface area contributed by atoms with Crippen molar-refractivity contribution in [1.82, 2.24) is 0 Å². The van der Waals surface area contributed by atoms with E-state index in [1.54, 1.807) is 0 Å². The van der Waals surface area contributed by atoms with Crippen molar-refractivity contribution < 1.29 is 19.8 Å². The Morgan fingerprint density at radius 2 is 1.70 bits per heavy atom. The molecule has 0 unspecified atom stereocenters. The summed E-state index contributed by atoms with van der Waals surface area (Å²) in [6.07, 6.45) is -2.76. The molecule has 0 radical (unpaired) electrons. The van der Waals surface area contributed by atoms with Gasteiger partial charge in [-0.2, -0.15) is 0 Å². The second-order valence-electron chi connectivity index (χ2n) is 2.11. The molecule has 0 bridgehead atoms. The van der Waals surface area contributed by atoms with E-state index < -0.39 is 23.8 Å². The third-order valence-electron chi connectivity index (χ3n) is 1.07. The van der Waals surface area contributed by atoms with Crippen molar-refractivity contribution >= 4 is 11.6 Å². The molecule has 0 heterocycles. The van der Waals surface area contributed by atoms with Gasteiger partial charge in [0, 0.05) is 6.92 Å². The lowest BCUT2D eigenvalue weighted by atomic mass is 10.1. The quantitative estimate of drug-likeness (QED) is 0.495. The fourth-order valence-corrected chi connectivity index (χ4v) is 0.427. The smallest absolute Gasteiger partial charge is 0.229 e. The number of hydrogen-bond acceptors (Lipinski definition) is 4. The van der Waals surface area contributed by atoms with E-state index >= 15 is 0 Å². The first-order chi connectivity index (χ1) is 4.46. The Bertz CT molecular complexity index is 150. The SMILES string of the molecule is CC(=O)C(=O)[C@H](O)[C@H](C)O. The molecule has 10 heavy (non-hydrogen) atoms. The highest BCUT2D eigenvalue weighted by Crippen LogP contribution is 1.93. The zero-order chi connectivity index (χ0) is 8.31. The third-order valence-corrected chi connectivity index (χ3v) is 1.07. The first-order valence-corrected chi connectivity index (χ1v) is 2.87. The number of hydrogen-bond donors (Lipinski definition) is 2. The highest BCUT2D eigenvalue weighted by Gasteiger charge is 2.23. The molecule has 4 heteroatoms. The van der Waals surface area contributed by atoms with E-state index in [0.29, 0.717) is 0 Å². The number of aliphatic hydroxyl groups excluding tert-OH is 2. The van der Waals surface area contributed by atoms with Crippen molar-refractivity contribution in [2.75, 3.05) is 0 Å². The van der Waals surface area contributed by atoms with Crippen LogP contribution < -0.4 is 0 Å². The van der Waals surface area contributed by atoms with Crippen molar-refractivity contribution in [2.45, 2.75) is 26.1 Å². The van der Waals surface area contributed by atoms with Crippen LogP contribution in [0.4, 0.5) is 0 Å². The van der Waals surface area contributed by atoms with Gasteiger partial charge in [-0.05, 0) is 6.92 Å². The summed E-state index contributed by atoms with van der Waals surface area (Å²) in [7, 11) is 0. The Hall–Kier alpha value is -0.740. The molecule has 0 aromatic heterocycles. The van der Waals surface area contributed by atoms with Crippen molar-refractivity contribution in [1.29, 1.82) is 0 Å². The van der Waals surface area contributed by atoms with E-state index in [-0.39, 0.29) is 0 Å². The summed E-state index contributed by atoms with van der Waals surface area (Å²) in [6, 6.07) is 0. The average molecular weight is 146 g/mol. The third kappa shape index (κ3) is 2.24. The van der Waals surface area contributed by atoms with Gasteiger partial charge < -0.3 is 10.2 Å². The second-order valence-corrected chi connectivity index (χ2v) is 2.11. The van der Waals surface area contributed by atoms with E-state index in [2.05, 4.69) is 0 Å². The molecule has 0 saturated heterocycles. The number of ketones is 2. The number of Topliss-reactive ketones (excluding diaryl/α,β-unsaturated/α-hetero) is 2. The van der Waals surface area contributed by atoms with Crippen LogP contribution in [0.3, 0.4) is 0 Å². The van der Waals surface area contributed by atoms with Crippen LogP contribution in [0.1, 0.15) is 13.8 Å². The van der Waals surface area contributed by atoms with Gasteiger partial charge in [-0.25, -0.2) is 0 Å². The van der Waals surface area contributed by atoms with Crippen LogP contribution in [-0.2, 0) is 9.59 Å². The fraction of sp³-hybridized carbons (Fsp3) is 0.667. The Kier molecular flexibility index (Phi) is 3.18. The van der Waals surface area contributed by atoms with Gasteiger partial charge in [-0.1, -0.05) is 0 Å². The van der Waals surface area contributed by atoms with Crippen LogP contribution in [0, 0.1) is 0 Å². The molecule has 0 aliphatic carbocycles. The van der Waals surface area contributed by atoms with Gasteiger partial charge in [0.05, 0.1) is 6.10 Å². The molecular weight excluding hydrogens is 136 g/mol. The summed E-state index contributed by atoms with van der Waals surface area (Å²) in [5, 5.41) is 17.4. The molecule has 0 saturated carbocycles. The normalized spacial score (nSPS) is 16.0. The van der Waals surface area contributed by atoms with Crippen molar-refractivity contribution in [3.8, 4) is 0 Å². The molecule has 0 aliphatic rings. The van der Waals surface area contributed by atoms with Gasteiger partial charge >= 0.3 is 0 Å².